The number of rotatable bonds is 6. The van der Waals surface area contributed by atoms with Crippen LogP contribution in [0.4, 0.5) is 0 Å². The normalized spacial score (nSPS) is 15.7. The van der Waals surface area contributed by atoms with E-state index in [9.17, 15) is 4.79 Å². The van der Waals surface area contributed by atoms with Crippen LogP contribution in [-0.4, -0.2) is 46.1 Å². The smallest absolute Gasteiger partial charge is 0.193 e. The molecular formula is C12H18N2O2. The highest BCUT2D eigenvalue weighted by Crippen LogP contribution is 2.26. The predicted octanol–water partition coefficient (Wildman–Crippen LogP) is 0.664. The Bertz CT molecular complexity index is 369. The van der Waals surface area contributed by atoms with E-state index in [0.717, 1.165) is 18.5 Å². The summed E-state index contributed by atoms with van der Waals surface area (Å²) >= 11 is 0. The van der Waals surface area contributed by atoms with E-state index in [1.54, 1.807) is 0 Å². The summed E-state index contributed by atoms with van der Waals surface area (Å²) in [6.07, 6.45) is 4.18. The molecule has 0 aliphatic heterocycles. The van der Waals surface area contributed by atoms with Crippen LogP contribution in [-0.2, 0) is 7.05 Å². The molecule has 1 aliphatic rings. The Morgan fingerprint density at radius 1 is 1.62 bits per heavy atom. The molecule has 0 aromatic carbocycles. The largest absolute Gasteiger partial charge is 0.395 e. The van der Waals surface area contributed by atoms with Crippen molar-refractivity contribution in [1.29, 1.82) is 0 Å². The number of aromatic nitrogens is 1. The van der Waals surface area contributed by atoms with Crippen molar-refractivity contribution in [1.82, 2.24) is 9.47 Å². The summed E-state index contributed by atoms with van der Waals surface area (Å²) < 4.78 is 1.84. The van der Waals surface area contributed by atoms with Gasteiger partial charge in [-0.3, -0.25) is 9.69 Å². The van der Waals surface area contributed by atoms with E-state index in [-0.39, 0.29) is 12.4 Å². The molecule has 2 rings (SSSR count). The lowest BCUT2D eigenvalue weighted by atomic mass is 10.2. The standard InChI is InChI=1S/C12H18N2O2/c1-13-6-2-3-11(13)12(16)9-14(7-8-15)10-4-5-10/h2-3,6,10,15H,4-5,7-9H2,1H3. The van der Waals surface area contributed by atoms with Gasteiger partial charge in [0.25, 0.3) is 0 Å². The van der Waals surface area contributed by atoms with Crippen molar-refractivity contribution in [2.45, 2.75) is 18.9 Å². The van der Waals surface area contributed by atoms with Crippen molar-refractivity contribution < 1.29 is 9.90 Å². The van der Waals surface area contributed by atoms with Crippen molar-refractivity contribution in [3.8, 4) is 0 Å². The average Bonchev–Trinajstić information content (AvgIpc) is 3.00. The van der Waals surface area contributed by atoms with E-state index in [1.807, 2.05) is 29.9 Å². The molecule has 4 nitrogen and oxygen atoms in total. The van der Waals surface area contributed by atoms with Gasteiger partial charge in [-0.1, -0.05) is 0 Å². The Balaban J connectivity index is 1.97. The Kier molecular flexibility index (Phi) is 3.41. The van der Waals surface area contributed by atoms with Gasteiger partial charge in [0, 0.05) is 25.8 Å². The first-order valence-electron chi connectivity index (χ1n) is 5.72. The van der Waals surface area contributed by atoms with Crippen LogP contribution < -0.4 is 0 Å². The lowest BCUT2D eigenvalue weighted by molar-refractivity contribution is 0.0899. The summed E-state index contributed by atoms with van der Waals surface area (Å²) in [6, 6.07) is 4.23. The summed E-state index contributed by atoms with van der Waals surface area (Å²) in [6.45, 7) is 1.14. The van der Waals surface area contributed by atoms with Gasteiger partial charge in [-0.05, 0) is 25.0 Å². The summed E-state index contributed by atoms with van der Waals surface area (Å²) in [4.78, 5) is 14.1. The third kappa shape index (κ3) is 2.51. The van der Waals surface area contributed by atoms with Crippen LogP contribution in [0.3, 0.4) is 0 Å². The van der Waals surface area contributed by atoms with Crippen LogP contribution in [0.5, 0.6) is 0 Å². The zero-order valence-electron chi connectivity index (χ0n) is 9.59. The van der Waals surface area contributed by atoms with Crippen LogP contribution in [0.1, 0.15) is 23.3 Å². The molecule has 0 radical (unpaired) electrons. The van der Waals surface area contributed by atoms with Gasteiger partial charge in [-0.15, -0.1) is 0 Å². The number of hydrogen-bond donors (Lipinski definition) is 1. The quantitative estimate of drug-likeness (QED) is 0.719. The highest BCUT2D eigenvalue weighted by Gasteiger charge is 2.30. The minimum absolute atomic E-state index is 0.122. The maximum Gasteiger partial charge on any atom is 0.193 e. The molecule has 0 atom stereocenters. The first-order valence-corrected chi connectivity index (χ1v) is 5.72. The number of Topliss-reactive ketones (excluding diaryl/α,β-unsaturated/α-hetero) is 1. The Morgan fingerprint density at radius 3 is 2.88 bits per heavy atom. The van der Waals surface area contributed by atoms with Crippen molar-refractivity contribution in [3.05, 3.63) is 24.0 Å². The monoisotopic (exact) mass is 222 g/mol. The van der Waals surface area contributed by atoms with Crippen LogP contribution >= 0.6 is 0 Å². The average molecular weight is 222 g/mol. The number of aliphatic hydroxyl groups is 1. The summed E-state index contributed by atoms with van der Waals surface area (Å²) in [7, 11) is 1.88. The molecule has 0 bridgehead atoms. The lowest BCUT2D eigenvalue weighted by Gasteiger charge is -2.19. The highest BCUT2D eigenvalue weighted by molar-refractivity contribution is 5.96. The fourth-order valence-corrected chi connectivity index (χ4v) is 1.98. The zero-order valence-corrected chi connectivity index (χ0v) is 9.59. The number of nitrogens with zero attached hydrogens (tertiary/aromatic N) is 2. The van der Waals surface area contributed by atoms with E-state index in [2.05, 4.69) is 4.90 Å². The summed E-state index contributed by atoms with van der Waals surface area (Å²) in [5.41, 5.74) is 0.739. The number of aryl methyl sites for hydroxylation is 1. The SMILES string of the molecule is Cn1cccc1C(=O)CN(CCO)C1CC1. The zero-order chi connectivity index (χ0) is 11.5. The molecule has 0 spiro atoms. The third-order valence-electron chi connectivity index (χ3n) is 3.03. The minimum Gasteiger partial charge on any atom is -0.395 e. The second-order valence-electron chi connectivity index (χ2n) is 4.35. The molecule has 1 N–H and O–H groups in total. The molecule has 1 saturated carbocycles. The van der Waals surface area contributed by atoms with Gasteiger partial charge in [0.2, 0.25) is 0 Å². The second kappa shape index (κ2) is 4.80. The maximum absolute atomic E-state index is 12.0. The van der Waals surface area contributed by atoms with Crippen LogP contribution in [0.2, 0.25) is 0 Å². The van der Waals surface area contributed by atoms with Crippen LogP contribution in [0.15, 0.2) is 18.3 Å². The van der Waals surface area contributed by atoms with Crippen molar-refractivity contribution in [3.63, 3.8) is 0 Å². The summed E-state index contributed by atoms with van der Waals surface area (Å²) in [5, 5.41) is 8.95. The Hall–Kier alpha value is -1.13. The molecule has 88 valence electrons. The van der Waals surface area contributed by atoms with E-state index < -0.39 is 0 Å². The molecular weight excluding hydrogens is 204 g/mol. The fourth-order valence-electron chi connectivity index (χ4n) is 1.98. The molecule has 0 saturated heterocycles. The minimum atomic E-state index is 0.122. The van der Waals surface area contributed by atoms with Gasteiger partial charge in [0.15, 0.2) is 5.78 Å². The molecule has 1 fully saturated rings. The predicted molar refractivity (Wildman–Crippen MR) is 61.4 cm³/mol. The van der Waals surface area contributed by atoms with E-state index in [0.29, 0.717) is 19.1 Å². The number of hydrogen-bond acceptors (Lipinski definition) is 3. The number of ketones is 1. The first kappa shape index (κ1) is 11.4. The molecule has 1 aromatic heterocycles. The highest BCUT2D eigenvalue weighted by atomic mass is 16.3. The van der Waals surface area contributed by atoms with Crippen molar-refractivity contribution in [2.75, 3.05) is 19.7 Å². The molecule has 0 amide bonds. The first-order chi connectivity index (χ1) is 7.72. The van der Waals surface area contributed by atoms with Crippen molar-refractivity contribution >= 4 is 5.78 Å². The molecule has 1 heterocycles. The number of aliphatic hydroxyl groups excluding tert-OH is 1. The van der Waals surface area contributed by atoms with Gasteiger partial charge in [0.1, 0.15) is 0 Å². The Labute approximate surface area is 95.5 Å². The Morgan fingerprint density at radius 2 is 2.38 bits per heavy atom. The molecule has 4 heteroatoms. The number of carbonyl (C=O) groups is 1. The summed E-state index contributed by atoms with van der Waals surface area (Å²) in [5.74, 6) is 0.132. The van der Waals surface area contributed by atoms with Crippen LogP contribution in [0.25, 0.3) is 0 Å². The van der Waals surface area contributed by atoms with Gasteiger partial charge >= 0.3 is 0 Å². The number of carbonyl (C=O) groups excluding carboxylic acids is 1. The third-order valence-corrected chi connectivity index (χ3v) is 3.03. The second-order valence-corrected chi connectivity index (χ2v) is 4.35. The van der Waals surface area contributed by atoms with E-state index >= 15 is 0 Å². The molecule has 1 aromatic rings. The fraction of sp³-hybridized carbons (Fsp3) is 0.583. The van der Waals surface area contributed by atoms with Crippen LogP contribution in [0, 0.1) is 0 Å². The van der Waals surface area contributed by atoms with Gasteiger partial charge in [-0.2, -0.15) is 0 Å². The molecule has 16 heavy (non-hydrogen) atoms. The van der Waals surface area contributed by atoms with Crippen molar-refractivity contribution in [2.24, 2.45) is 7.05 Å². The molecule has 0 unspecified atom stereocenters. The van der Waals surface area contributed by atoms with Gasteiger partial charge in [-0.25, -0.2) is 0 Å². The maximum atomic E-state index is 12.0. The topological polar surface area (TPSA) is 45.5 Å². The lowest BCUT2D eigenvalue weighted by Crippen LogP contribution is -2.34. The van der Waals surface area contributed by atoms with E-state index in [1.165, 1.54) is 0 Å². The van der Waals surface area contributed by atoms with E-state index in [4.69, 9.17) is 5.11 Å². The van der Waals surface area contributed by atoms with Gasteiger partial charge in [0.05, 0.1) is 18.8 Å². The van der Waals surface area contributed by atoms with Gasteiger partial charge < -0.3 is 9.67 Å². The molecule has 1 aliphatic carbocycles.